The van der Waals surface area contributed by atoms with E-state index in [1.807, 2.05) is 19.1 Å². The molecule has 0 saturated heterocycles. The first-order chi connectivity index (χ1) is 7.00. The third kappa shape index (κ3) is 3.45. The van der Waals surface area contributed by atoms with Gasteiger partial charge in [-0.15, -0.1) is 6.58 Å². The molecule has 0 atom stereocenters. The molecule has 0 radical (unpaired) electrons. The maximum absolute atomic E-state index is 5.84. The molecule has 1 aromatic rings. The first-order valence-electron chi connectivity index (χ1n) is 4.88. The molecule has 0 aromatic heterocycles. The van der Waals surface area contributed by atoms with Gasteiger partial charge in [-0.1, -0.05) is 29.8 Å². The fourth-order valence-electron chi connectivity index (χ4n) is 1.27. The zero-order chi connectivity index (χ0) is 11.4. The molecular weight excluding hydrogens is 206 g/mol. The van der Waals surface area contributed by atoms with Gasteiger partial charge in [-0.05, 0) is 43.0 Å². The van der Waals surface area contributed by atoms with E-state index in [0.29, 0.717) is 10.7 Å². The van der Waals surface area contributed by atoms with Crippen LogP contribution in [0.1, 0.15) is 25.3 Å². The summed E-state index contributed by atoms with van der Waals surface area (Å²) in [6.07, 6.45) is 1.87. The summed E-state index contributed by atoms with van der Waals surface area (Å²) in [5.74, 6) is 0. The number of halogens is 1. The second-order valence-electron chi connectivity index (χ2n) is 3.80. The van der Waals surface area contributed by atoms with Crippen molar-refractivity contribution in [2.75, 3.05) is 5.73 Å². The van der Waals surface area contributed by atoms with Gasteiger partial charge in [0.2, 0.25) is 0 Å². The van der Waals surface area contributed by atoms with Gasteiger partial charge in [-0.25, -0.2) is 0 Å². The smallest absolute Gasteiger partial charge is 0.0635 e. The Balaban J connectivity index is 2.74. The third-order valence-corrected chi connectivity index (χ3v) is 2.60. The molecule has 1 rings (SSSR count). The quantitative estimate of drug-likeness (QED) is 0.596. The zero-order valence-corrected chi connectivity index (χ0v) is 9.77. The molecule has 0 saturated carbocycles. The molecular formula is C13H16ClN. The SMILES string of the molecule is C=C(C)CCC(=C)c1ccc(Cl)c(N)c1. The highest BCUT2D eigenvalue weighted by Crippen LogP contribution is 2.26. The van der Waals surface area contributed by atoms with Gasteiger partial charge in [-0.2, -0.15) is 0 Å². The Hall–Kier alpha value is -1.21. The second-order valence-corrected chi connectivity index (χ2v) is 4.20. The summed E-state index contributed by atoms with van der Waals surface area (Å²) >= 11 is 5.84. The highest BCUT2D eigenvalue weighted by atomic mass is 35.5. The number of nitrogen functional groups attached to an aromatic ring is 1. The first kappa shape index (κ1) is 11.9. The molecule has 0 amide bonds. The van der Waals surface area contributed by atoms with Crippen LogP contribution in [0.15, 0.2) is 36.9 Å². The van der Waals surface area contributed by atoms with Crippen LogP contribution in [0.25, 0.3) is 5.57 Å². The molecule has 2 heteroatoms. The molecule has 0 aliphatic rings. The topological polar surface area (TPSA) is 26.0 Å². The number of benzene rings is 1. The Morgan fingerprint density at radius 3 is 2.53 bits per heavy atom. The molecule has 0 aliphatic heterocycles. The van der Waals surface area contributed by atoms with Crippen LogP contribution < -0.4 is 5.73 Å². The normalized spacial score (nSPS) is 10.0. The molecule has 15 heavy (non-hydrogen) atoms. The van der Waals surface area contributed by atoms with E-state index in [-0.39, 0.29) is 0 Å². The predicted molar refractivity (Wildman–Crippen MR) is 68.9 cm³/mol. The summed E-state index contributed by atoms with van der Waals surface area (Å²) in [4.78, 5) is 0. The van der Waals surface area contributed by atoms with Crippen molar-refractivity contribution in [2.45, 2.75) is 19.8 Å². The lowest BCUT2D eigenvalue weighted by Crippen LogP contribution is -1.90. The Labute approximate surface area is 96.2 Å². The van der Waals surface area contributed by atoms with E-state index >= 15 is 0 Å². The largest absolute Gasteiger partial charge is 0.398 e. The maximum Gasteiger partial charge on any atom is 0.0635 e. The molecule has 0 heterocycles. The first-order valence-corrected chi connectivity index (χ1v) is 5.26. The highest BCUT2D eigenvalue weighted by Gasteiger charge is 2.02. The predicted octanol–water partition coefficient (Wildman–Crippen LogP) is 4.29. The van der Waals surface area contributed by atoms with Crippen molar-refractivity contribution in [1.82, 2.24) is 0 Å². The van der Waals surface area contributed by atoms with E-state index in [0.717, 1.165) is 29.6 Å². The highest BCUT2D eigenvalue weighted by molar-refractivity contribution is 6.33. The number of hydrogen-bond donors (Lipinski definition) is 1. The van der Waals surface area contributed by atoms with Crippen molar-refractivity contribution in [1.29, 1.82) is 0 Å². The number of hydrogen-bond acceptors (Lipinski definition) is 1. The lowest BCUT2D eigenvalue weighted by molar-refractivity contribution is 1.000. The van der Waals surface area contributed by atoms with Gasteiger partial charge in [-0.3, -0.25) is 0 Å². The average molecular weight is 222 g/mol. The van der Waals surface area contributed by atoms with Crippen molar-refractivity contribution in [3.05, 3.63) is 47.5 Å². The fraction of sp³-hybridized carbons (Fsp3) is 0.231. The second kappa shape index (κ2) is 5.04. The monoisotopic (exact) mass is 221 g/mol. The number of anilines is 1. The van der Waals surface area contributed by atoms with Gasteiger partial charge >= 0.3 is 0 Å². The van der Waals surface area contributed by atoms with Crippen LogP contribution in [-0.2, 0) is 0 Å². The lowest BCUT2D eigenvalue weighted by atomic mass is 10.0. The Kier molecular flexibility index (Phi) is 3.98. The van der Waals surface area contributed by atoms with E-state index in [1.165, 1.54) is 0 Å². The van der Waals surface area contributed by atoms with E-state index < -0.39 is 0 Å². The minimum absolute atomic E-state index is 0.589. The summed E-state index contributed by atoms with van der Waals surface area (Å²) in [5, 5.41) is 0.589. The van der Waals surface area contributed by atoms with Crippen LogP contribution >= 0.6 is 11.6 Å². The van der Waals surface area contributed by atoms with Crippen LogP contribution in [-0.4, -0.2) is 0 Å². The van der Waals surface area contributed by atoms with Crippen molar-refractivity contribution < 1.29 is 0 Å². The molecule has 0 bridgehead atoms. The Bertz CT molecular complexity index is 394. The van der Waals surface area contributed by atoms with Gasteiger partial charge < -0.3 is 5.73 Å². The molecule has 0 unspecified atom stereocenters. The van der Waals surface area contributed by atoms with Crippen LogP contribution in [0.2, 0.25) is 5.02 Å². The fourth-order valence-corrected chi connectivity index (χ4v) is 1.39. The van der Waals surface area contributed by atoms with Gasteiger partial charge in [0.25, 0.3) is 0 Å². The summed E-state index contributed by atoms with van der Waals surface area (Å²) in [6.45, 7) is 9.91. The minimum atomic E-state index is 0.589. The molecule has 0 fully saturated rings. The average Bonchev–Trinajstić information content (AvgIpc) is 2.18. The van der Waals surface area contributed by atoms with E-state index in [2.05, 4.69) is 13.2 Å². The molecule has 2 N–H and O–H groups in total. The number of nitrogens with two attached hydrogens (primary N) is 1. The molecule has 80 valence electrons. The number of rotatable bonds is 4. The van der Waals surface area contributed by atoms with Crippen molar-refractivity contribution in [3.8, 4) is 0 Å². The molecule has 0 spiro atoms. The Morgan fingerprint density at radius 2 is 2.00 bits per heavy atom. The lowest BCUT2D eigenvalue weighted by Gasteiger charge is -2.07. The standard InChI is InChI=1S/C13H16ClN/c1-9(2)4-5-10(3)11-6-7-12(14)13(15)8-11/h6-8H,1,3-5,15H2,2H3. The maximum atomic E-state index is 5.84. The minimum Gasteiger partial charge on any atom is -0.398 e. The molecule has 1 nitrogen and oxygen atoms in total. The van der Waals surface area contributed by atoms with E-state index in [4.69, 9.17) is 17.3 Å². The van der Waals surface area contributed by atoms with Crippen LogP contribution in [0.4, 0.5) is 5.69 Å². The number of allylic oxidation sites excluding steroid dienone is 2. The van der Waals surface area contributed by atoms with Gasteiger partial charge in [0.05, 0.1) is 10.7 Å². The Morgan fingerprint density at radius 1 is 1.33 bits per heavy atom. The van der Waals surface area contributed by atoms with Gasteiger partial charge in [0.1, 0.15) is 0 Å². The molecule has 1 aromatic carbocycles. The summed E-state index contributed by atoms with van der Waals surface area (Å²) in [6, 6.07) is 5.61. The summed E-state index contributed by atoms with van der Waals surface area (Å²) < 4.78 is 0. The van der Waals surface area contributed by atoms with Crippen molar-refractivity contribution in [2.24, 2.45) is 0 Å². The van der Waals surface area contributed by atoms with E-state index in [9.17, 15) is 0 Å². The molecule has 0 aliphatic carbocycles. The van der Waals surface area contributed by atoms with E-state index in [1.54, 1.807) is 6.07 Å². The summed E-state index contributed by atoms with van der Waals surface area (Å²) in [5.41, 5.74) is 9.62. The van der Waals surface area contributed by atoms with Crippen LogP contribution in [0.5, 0.6) is 0 Å². The summed E-state index contributed by atoms with van der Waals surface area (Å²) in [7, 11) is 0. The van der Waals surface area contributed by atoms with Crippen LogP contribution in [0, 0.1) is 0 Å². The van der Waals surface area contributed by atoms with Gasteiger partial charge in [0, 0.05) is 0 Å². The van der Waals surface area contributed by atoms with Gasteiger partial charge in [0.15, 0.2) is 0 Å². The van der Waals surface area contributed by atoms with Crippen LogP contribution in [0.3, 0.4) is 0 Å². The van der Waals surface area contributed by atoms with Crippen molar-refractivity contribution >= 4 is 22.9 Å². The third-order valence-electron chi connectivity index (χ3n) is 2.26. The zero-order valence-electron chi connectivity index (χ0n) is 9.02. The van der Waals surface area contributed by atoms with Crippen molar-refractivity contribution in [3.63, 3.8) is 0 Å².